The number of aromatic hydroxyl groups is 1. The number of nitrogens with zero attached hydrogens (tertiary/aromatic N) is 1. The molecule has 0 atom stereocenters. The van der Waals surface area contributed by atoms with Gasteiger partial charge in [0.05, 0.1) is 0 Å². The summed E-state index contributed by atoms with van der Waals surface area (Å²) < 4.78 is 6.69. The Labute approximate surface area is 117 Å². The van der Waals surface area contributed by atoms with Crippen molar-refractivity contribution in [3.05, 3.63) is 46.0 Å². The Kier molecular flexibility index (Phi) is 2.83. The minimum Gasteiger partial charge on any atom is -0.508 e. The van der Waals surface area contributed by atoms with Crippen LogP contribution in [-0.4, -0.2) is 10.1 Å². The molecule has 1 aromatic heterocycles. The molecule has 0 bridgehead atoms. The van der Waals surface area contributed by atoms with Gasteiger partial charge in [-0.05, 0) is 59.0 Å². The van der Waals surface area contributed by atoms with Crippen molar-refractivity contribution in [1.29, 1.82) is 0 Å². The largest absolute Gasteiger partial charge is 0.508 e. The van der Waals surface area contributed by atoms with Gasteiger partial charge in [-0.1, -0.05) is 0 Å². The molecule has 3 rings (SSSR count). The number of phenolic OH excluding ortho intramolecular Hbond substituents is 1. The molecule has 0 radical (unpaired) electrons. The van der Waals surface area contributed by atoms with Crippen molar-refractivity contribution in [3.8, 4) is 5.75 Å². The Balaban J connectivity index is 1.92. The molecule has 3 aromatic rings. The lowest BCUT2D eigenvalue weighted by Crippen LogP contribution is -1.89. The second-order valence-corrected chi connectivity index (χ2v) is 5.05. The first-order chi connectivity index (χ1) is 8.70. The molecular weight excluding hydrogens is 343 g/mol. The van der Waals surface area contributed by atoms with E-state index in [9.17, 15) is 5.11 Å². The van der Waals surface area contributed by atoms with E-state index in [-0.39, 0.29) is 5.75 Å². The Morgan fingerprint density at radius 3 is 2.67 bits per heavy atom. The predicted molar refractivity (Wildman–Crippen MR) is 78.1 cm³/mol. The Bertz CT molecular complexity index is 692. The highest BCUT2D eigenvalue weighted by Gasteiger charge is 2.06. The quantitative estimate of drug-likeness (QED) is 0.688. The van der Waals surface area contributed by atoms with Crippen LogP contribution in [0.3, 0.4) is 0 Å². The van der Waals surface area contributed by atoms with E-state index in [1.807, 2.05) is 24.3 Å². The molecule has 4 nitrogen and oxygen atoms in total. The van der Waals surface area contributed by atoms with Gasteiger partial charge in [0.15, 0.2) is 5.58 Å². The normalized spacial score (nSPS) is 10.7. The van der Waals surface area contributed by atoms with Crippen molar-refractivity contribution in [2.24, 2.45) is 0 Å². The van der Waals surface area contributed by atoms with Crippen LogP contribution in [0.25, 0.3) is 11.1 Å². The number of halogens is 1. The van der Waals surface area contributed by atoms with Gasteiger partial charge in [0, 0.05) is 15.3 Å². The Morgan fingerprint density at radius 1 is 1.11 bits per heavy atom. The number of nitrogens with one attached hydrogen (secondary N) is 1. The summed E-state index contributed by atoms with van der Waals surface area (Å²) in [6.07, 6.45) is 0. The molecule has 0 spiro atoms. The molecule has 0 aliphatic carbocycles. The number of hydrogen-bond acceptors (Lipinski definition) is 4. The van der Waals surface area contributed by atoms with Gasteiger partial charge >= 0.3 is 0 Å². The summed E-state index contributed by atoms with van der Waals surface area (Å²) in [7, 11) is 0. The number of rotatable bonds is 2. The lowest BCUT2D eigenvalue weighted by Gasteiger charge is -2.00. The molecule has 5 heteroatoms. The maximum atomic E-state index is 9.36. The smallest absolute Gasteiger partial charge is 0.300 e. The molecule has 2 aromatic carbocycles. The lowest BCUT2D eigenvalue weighted by atomic mass is 10.3. The summed E-state index contributed by atoms with van der Waals surface area (Å²) in [5, 5.41) is 12.4. The number of phenols is 1. The molecule has 18 heavy (non-hydrogen) atoms. The molecule has 1 heterocycles. The minimum absolute atomic E-state index is 0.177. The van der Waals surface area contributed by atoms with E-state index in [1.165, 1.54) is 3.57 Å². The van der Waals surface area contributed by atoms with Gasteiger partial charge in [0.25, 0.3) is 6.01 Å². The first-order valence-electron chi connectivity index (χ1n) is 5.33. The van der Waals surface area contributed by atoms with E-state index in [0.29, 0.717) is 17.1 Å². The van der Waals surface area contributed by atoms with Crippen molar-refractivity contribution in [2.75, 3.05) is 5.32 Å². The highest BCUT2D eigenvalue weighted by molar-refractivity contribution is 14.1. The van der Waals surface area contributed by atoms with Crippen molar-refractivity contribution in [3.63, 3.8) is 0 Å². The summed E-state index contributed by atoms with van der Waals surface area (Å²) in [6, 6.07) is 13.1. The van der Waals surface area contributed by atoms with Crippen LogP contribution in [0.1, 0.15) is 0 Å². The van der Waals surface area contributed by atoms with E-state index in [1.54, 1.807) is 18.2 Å². The van der Waals surface area contributed by atoms with Gasteiger partial charge in [-0.15, -0.1) is 0 Å². The molecule has 0 fully saturated rings. The predicted octanol–water partition coefficient (Wildman–Crippen LogP) is 3.88. The summed E-state index contributed by atoms with van der Waals surface area (Å²) >= 11 is 2.25. The molecule has 0 amide bonds. The van der Waals surface area contributed by atoms with E-state index in [2.05, 4.69) is 32.9 Å². The fourth-order valence-corrected chi connectivity index (χ4v) is 1.99. The molecule has 0 unspecified atom stereocenters. The number of fused-ring (bicyclic) bond motifs is 1. The van der Waals surface area contributed by atoms with E-state index in [0.717, 1.165) is 5.69 Å². The molecule has 0 saturated carbocycles. The van der Waals surface area contributed by atoms with Gasteiger partial charge in [-0.2, -0.15) is 4.98 Å². The number of aromatic nitrogens is 1. The second kappa shape index (κ2) is 4.49. The van der Waals surface area contributed by atoms with Gasteiger partial charge in [0.1, 0.15) is 11.3 Å². The minimum atomic E-state index is 0.177. The van der Waals surface area contributed by atoms with Crippen LogP contribution in [0.5, 0.6) is 5.75 Å². The molecule has 0 aliphatic heterocycles. The van der Waals surface area contributed by atoms with E-state index in [4.69, 9.17) is 4.42 Å². The van der Waals surface area contributed by atoms with Crippen LogP contribution in [0.2, 0.25) is 0 Å². The molecular formula is C13H9IN2O2. The van der Waals surface area contributed by atoms with Crippen molar-refractivity contribution in [1.82, 2.24) is 4.98 Å². The van der Waals surface area contributed by atoms with Gasteiger partial charge in [-0.3, -0.25) is 0 Å². The standard InChI is InChI=1S/C13H9IN2O2/c14-8-1-3-9(4-2-8)15-13-16-11-7-10(17)5-6-12(11)18-13/h1-7,17H,(H,15,16). The average molecular weight is 352 g/mol. The van der Waals surface area contributed by atoms with E-state index < -0.39 is 0 Å². The highest BCUT2D eigenvalue weighted by Crippen LogP contribution is 2.25. The zero-order valence-electron chi connectivity index (χ0n) is 9.22. The molecule has 0 aliphatic rings. The summed E-state index contributed by atoms with van der Waals surface area (Å²) in [4.78, 5) is 4.25. The number of hydrogen-bond donors (Lipinski definition) is 2. The van der Waals surface area contributed by atoms with Gasteiger partial charge < -0.3 is 14.8 Å². The number of oxazole rings is 1. The fraction of sp³-hybridized carbons (Fsp3) is 0. The molecule has 2 N–H and O–H groups in total. The molecule has 0 saturated heterocycles. The molecule has 90 valence electrons. The maximum Gasteiger partial charge on any atom is 0.300 e. The lowest BCUT2D eigenvalue weighted by molar-refractivity contribution is 0.476. The highest BCUT2D eigenvalue weighted by atomic mass is 127. The zero-order chi connectivity index (χ0) is 12.5. The van der Waals surface area contributed by atoms with Crippen LogP contribution < -0.4 is 5.32 Å². The van der Waals surface area contributed by atoms with Crippen molar-refractivity contribution in [2.45, 2.75) is 0 Å². The van der Waals surface area contributed by atoms with Crippen LogP contribution in [0.4, 0.5) is 11.7 Å². The fourth-order valence-electron chi connectivity index (χ4n) is 1.63. The Morgan fingerprint density at radius 2 is 1.89 bits per heavy atom. The number of anilines is 2. The third-order valence-corrected chi connectivity index (χ3v) is 3.19. The third kappa shape index (κ3) is 2.26. The van der Waals surface area contributed by atoms with Crippen LogP contribution in [0, 0.1) is 3.57 Å². The SMILES string of the molecule is Oc1ccc2oc(Nc3ccc(I)cc3)nc2c1. The van der Waals surface area contributed by atoms with Crippen LogP contribution in [0.15, 0.2) is 46.9 Å². The summed E-state index contributed by atoms with van der Waals surface area (Å²) in [6.45, 7) is 0. The van der Waals surface area contributed by atoms with Crippen LogP contribution >= 0.6 is 22.6 Å². The van der Waals surface area contributed by atoms with Crippen molar-refractivity contribution >= 4 is 45.4 Å². The second-order valence-electron chi connectivity index (χ2n) is 3.80. The summed E-state index contributed by atoms with van der Waals surface area (Å²) in [5.74, 6) is 0.177. The first kappa shape index (κ1) is 11.3. The third-order valence-electron chi connectivity index (χ3n) is 2.47. The van der Waals surface area contributed by atoms with Crippen molar-refractivity contribution < 1.29 is 9.52 Å². The van der Waals surface area contributed by atoms with Gasteiger partial charge in [0.2, 0.25) is 0 Å². The maximum absolute atomic E-state index is 9.36. The zero-order valence-corrected chi connectivity index (χ0v) is 11.4. The van der Waals surface area contributed by atoms with Gasteiger partial charge in [-0.25, -0.2) is 0 Å². The van der Waals surface area contributed by atoms with E-state index >= 15 is 0 Å². The number of benzene rings is 2. The average Bonchev–Trinajstić information content (AvgIpc) is 2.73. The monoisotopic (exact) mass is 352 g/mol. The van der Waals surface area contributed by atoms with Crippen LogP contribution in [-0.2, 0) is 0 Å². The Hall–Kier alpha value is -1.76. The topological polar surface area (TPSA) is 58.3 Å². The summed E-state index contributed by atoms with van der Waals surface area (Å²) in [5.41, 5.74) is 2.18. The first-order valence-corrected chi connectivity index (χ1v) is 6.41.